The van der Waals surface area contributed by atoms with Crippen molar-refractivity contribution in [3.63, 3.8) is 0 Å². The number of aryl methyl sites for hydroxylation is 1. The van der Waals surface area contributed by atoms with Crippen molar-refractivity contribution in [2.45, 2.75) is 6.92 Å². The van der Waals surface area contributed by atoms with Crippen LogP contribution in [0.1, 0.15) is 5.69 Å². The Morgan fingerprint density at radius 2 is 2.17 bits per heavy atom. The summed E-state index contributed by atoms with van der Waals surface area (Å²) in [5.41, 5.74) is 3.19. The molecule has 0 spiro atoms. The third kappa shape index (κ3) is 1.09. The number of para-hydroxylation sites is 1. The lowest BCUT2D eigenvalue weighted by Crippen LogP contribution is -2.14. The lowest BCUT2D eigenvalue weighted by atomic mass is 10.2. The smallest absolute Gasteiger partial charge is 0.283 e. The summed E-state index contributed by atoms with van der Waals surface area (Å²) >= 11 is 1.49. The summed E-state index contributed by atoms with van der Waals surface area (Å²) in [4.78, 5) is 20.9. The molecule has 1 aromatic carbocycles. The molecule has 0 saturated carbocycles. The monoisotopic (exact) mass is 255 g/mol. The number of hydrogen-bond acceptors (Lipinski definition) is 3. The van der Waals surface area contributed by atoms with Gasteiger partial charge in [0.05, 0.1) is 0 Å². The van der Waals surface area contributed by atoms with E-state index in [1.165, 1.54) is 11.3 Å². The molecule has 4 rings (SSSR count). The molecule has 0 amide bonds. The Balaban J connectivity index is 2.38. The summed E-state index contributed by atoms with van der Waals surface area (Å²) in [6, 6.07) is 7.85. The van der Waals surface area contributed by atoms with E-state index in [0.717, 1.165) is 27.1 Å². The van der Waals surface area contributed by atoms with E-state index in [2.05, 4.69) is 9.97 Å². The first kappa shape index (κ1) is 9.85. The fourth-order valence-corrected chi connectivity index (χ4v) is 3.18. The first-order chi connectivity index (χ1) is 8.75. The molecule has 18 heavy (non-hydrogen) atoms. The lowest BCUT2D eigenvalue weighted by Gasteiger charge is -1.95. The van der Waals surface area contributed by atoms with Crippen LogP contribution in [0.3, 0.4) is 0 Å². The molecule has 0 fully saturated rings. The van der Waals surface area contributed by atoms with Gasteiger partial charge in [0.25, 0.3) is 5.56 Å². The maximum atomic E-state index is 12.4. The van der Waals surface area contributed by atoms with E-state index in [4.69, 9.17) is 0 Å². The average Bonchev–Trinajstić information content (AvgIpc) is 2.92. The summed E-state index contributed by atoms with van der Waals surface area (Å²) in [5.74, 6) is 0. The zero-order valence-electron chi connectivity index (χ0n) is 9.60. The second-order valence-corrected chi connectivity index (χ2v) is 5.14. The lowest BCUT2D eigenvalue weighted by molar-refractivity contribution is 1.04. The van der Waals surface area contributed by atoms with Crippen LogP contribution in [0.25, 0.3) is 26.9 Å². The number of rotatable bonds is 0. The molecule has 0 aliphatic rings. The van der Waals surface area contributed by atoms with Gasteiger partial charge in [0.2, 0.25) is 0 Å². The van der Waals surface area contributed by atoms with Crippen molar-refractivity contribution >= 4 is 38.2 Å². The molecule has 0 atom stereocenters. The predicted octanol–water partition coefficient (Wildman–Crippen LogP) is 2.70. The summed E-state index contributed by atoms with van der Waals surface area (Å²) < 4.78 is 1.66. The van der Waals surface area contributed by atoms with E-state index in [9.17, 15) is 4.79 Å². The van der Waals surface area contributed by atoms with Crippen LogP contribution in [0.2, 0.25) is 0 Å². The number of aromatic nitrogens is 3. The molecule has 0 aliphatic carbocycles. The van der Waals surface area contributed by atoms with Gasteiger partial charge in [-0.1, -0.05) is 18.2 Å². The van der Waals surface area contributed by atoms with Crippen LogP contribution >= 0.6 is 11.3 Å². The van der Waals surface area contributed by atoms with Crippen LogP contribution < -0.4 is 5.56 Å². The maximum Gasteiger partial charge on any atom is 0.283 e. The molecule has 0 aliphatic heterocycles. The summed E-state index contributed by atoms with van der Waals surface area (Å²) in [6.07, 6.45) is 0. The quantitative estimate of drug-likeness (QED) is 0.525. The summed E-state index contributed by atoms with van der Waals surface area (Å²) in [6.45, 7) is 1.92. The molecule has 5 heteroatoms. The topological polar surface area (TPSA) is 50.2 Å². The van der Waals surface area contributed by atoms with Crippen molar-refractivity contribution in [1.29, 1.82) is 0 Å². The predicted molar refractivity (Wildman–Crippen MR) is 73.4 cm³/mol. The minimum Gasteiger partial charge on any atom is -0.349 e. The maximum absolute atomic E-state index is 12.4. The number of aromatic amines is 1. The van der Waals surface area contributed by atoms with Crippen molar-refractivity contribution < 1.29 is 0 Å². The highest BCUT2D eigenvalue weighted by molar-refractivity contribution is 7.15. The molecule has 0 unspecified atom stereocenters. The average molecular weight is 255 g/mol. The molecule has 3 aromatic heterocycles. The minimum atomic E-state index is -0.0232. The van der Waals surface area contributed by atoms with E-state index in [0.29, 0.717) is 5.52 Å². The van der Waals surface area contributed by atoms with Gasteiger partial charge in [-0.05, 0) is 13.0 Å². The highest BCUT2D eigenvalue weighted by Gasteiger charge is 2.13. The third-order valence-electron chi connectivity index (χ3n) is 3.18. The van der Waals surface area contributed by atoms with Gasteiger partial charge < -0.3 is 4.98 Å². The Hall–Kier alpha value is -2.14. The van der Waals surface area contributed by atoms with Gasteiger partial charge in [0.1, 0.15) is 11.0 Å². The number of benzene rings is 1. The zero-order chi connectivity index (χ0) is 12.3. The van der Waals surface area contributed by atoms with Gasteiger partial charge in [0.15, 0.2) is 4.96 Å². The number of fused-ring (bicyclic) bond motifs is 4. The second-order valence-electron chi connectivity index (χ2n) is 4.31. The van der Waals surface area contributed by atoms with Crippen molar-refractivity contribution in [3.8, 4) is 0 Å². The Kier molecular flexibility index (Phi) is 1.75. The number of hydrogen-bond donors (Lipinski definition) is 1. The highest BCUT2D eigenvalue weighted by atomic mass is 32.1. The first-order valence-corrected chi connectivity index (χ1v) is 6.51. The van der Waals surface area contributed by atoms with Crippen LogP contribution in [-0.4, -0.2) is 14.4 Å². The normalized spacial score (nSPS) is 11.8. The van der Waals surface area contributed by atoms with Crippen LogP contribution in [0, 0.1) is 6.92 Å². The molecule has 4 nitrogen and oxygen atoms in total. The molecule has 0 radical (unpaired) electrons. The molecular formula is C13H9N3OS. The van der Waals surface area contributed by atoms with E-state index < -0.39 is 0 Å². The van der Waals surface area contributed by atoms with Gasteiger partial charge in [-0.3, -0.25) is 9.20 Å². The molecule has 3 heterocycles. The number of H-pyrrole nitrogens is 1. The largest absolute Gasteiger partial charge is 0.349 e. The summed E-state index contributed by atoms with van der Waals surface area (Å²) in [7, 11) is 0. The number of nitrogens with zero attached hydrogens (tertiary/aromatic N) is 2. The van der Waals surface area contributed by atoms with E-state index in [-0.39, 0.29) is 5.56 Å². The Morgan fingerprint density at radius 1 is 1.33 bits per heavy atom. The number of nitrogens with one attached hydrogen (secondary N) is 1. The molecule has 4 aromatic rings. The van der Waals surface area contributed by atoms with Crippen LogP contribution in [0.15, 0.2) is 34.4 Å². The van der Waals surface area contributed by atoms with Gasteiger partial charge in [-0.15, -0.1) is 11.3 Å². The highest BCUT2D eigenvalue weighted by Crippen LogP contribution is 2.23. The molecule has 88 valence electrons. The van der Waals surface area contributed by atoms with Gasteiger partial charge in [0, 0.05) is 22.0 Å². The number of thiazole rings is 1. The van der Waals surface area contributed by atoms with Crippen molar-refractivity contribution in [2.75, 3.05) is 0 Å². The van der Waals surface area contributed by atoms with Crippen LogP contribution in [-0.2, 0) is 0 Å². The fourth-order valence-electron chi connectivity index (χ4n) is 2.32. The van der Waals surface area contributed by atoms with Crippen LogP contribution in [0.4, 0.5) is 0 Å². The molecule has 1 N–H and O–H groups in total. The standard InChI is InChI=1S/C13H9N3OS/c1-7-6-18-13-15-10-8-4-2-3-5-9(8)14-11(10)12(17)16(7)13/h2-6,14H,1H3. The molecular weight excluding hydrogens is 246 g/mol. The van der Waals surface area contributed by atoms with Crippen molar-refractivity contribution in [2.24, 2.45) is 0 Å². The van der Waals surface area contributed by atoms with Crippen molar-refractivity contribution in [3.05, 3.63) is 45.7 Å². The zero-order valence-corrected chi connectivity index (χ0v) is 10.4. The Labute approximate surface area is 106 Å². The van der Waals surface area contributed by atoms with Crippen molar-refractivity contribution in [1.82, 2.24) is 14.4 Å². The minimum absolute atomic E-state index is 0.0232. The molecule has 0 bridgehead atoms. The van der Waals surface area contributed by atoms with Gasteiger partial charge in [-0.2, -0.15) is 0 Å². The van der Waals surface area contributed by atoms with E-state index in [1.807, 2.05) is 36.6 Å². The van der Waals surface area contributed by atoms with E-state index in [1.54, 1.807) is 4.40 Å². The van der Waals surface area contributed by atoms with Crippen LogP contribution in [0.5, 0.6) is 0 Å². The van der Waals surface area contributed by atoms with E-state index >= 15 is 0 Å². The Morgan fingerprint density at radius 3 is 3.06 bits per heavy atom. The molecule has 0 saturated heterocycles. The Bertz CT molecular complexity index is 961. The summed E-state index contributed by atoms with van der Waals surface area (Å²) in [5, 5.41) is 2.95. The second kappa shape index (κ2) is 3.20. The van der Waals surface area contributed by atoms with Gasteiger partial charge in [-0.25, -0.2) is 4.98 Å². The third-order valence-corrected chi connectivity index (χ3v) is 4.13. The first-order valence-electron chi connectivity index (χ1n) is 5.63. The SMILES string of the molecule is Cc1csc2nc3c([nH]c4ccccc43)c(=O)n12. The fraction of sp³-hybridized carbons (Fsp3) is 0.0769. The van der Waals surface area contributed by atoms with Gasteiger partial charge >= 0.3 is 0 Å².